The standard InChI is InChI=1S/C16H16F2N4O2S/c17-9-3-4-10(18)14-13(9)11(5-6-24-14)20-16(23)19-7-12-21-22-15(25-12)8-1-2-8/h3-4,8,11H,1-2,5-7H2,(H2,19,20,23)/t11-/m1/s1. The van der Waals surface area contributed by atoms with Crippen molar-refractivity contribution in [1.82, 2.24) is 20.8 Å². The van der Waals surface area contributed by atoms with Gasteiger partial charge in [0.1, 0.15) is 15.8 Å². The van der Waals surface area contributed by atoms with Gasteiger partial charge in [-0.1, -0.05) is 11.3 Å². The number of nitrogens with one attached hydrogen (secondary N) is 2. The fourth-order valence-corrected chi connectivity index (χ4v) is 3.74. The SMILES string of the molecule is O=C(NCc1nnc(C2CC2)s1)N[C@@H]1CCOc2c(F)ccc(F)c21. The van der Waals surface area contributed by atoms with Crippen molar-refractivity contribution >= 4 is 17.4 Å². The van der Waals surface area contributed by atoms with Crippen LogP contribution in [-0.4, -0.2) is 22.8 Å². The first-order valence-corrected chi connectivity index (χ1v) is 8.91. The third kappa shape index (κ3) is 3.41. The van der Waals surface area contributed by atoms with Crippen LogP contribution in [0.3, 0.4) is 0 Å². The average Bonchev–Trinajstić information content (AvgIpc) is 3.35. The Bertz CT molecular complexity index is 809. The van der Waals surface area contributed by atoms with Gasteiger partial charge in [0.05, 0.1) is 24.8 Å². The number of urea groups is 1. The van der Waals surface area contributed by atoms with E-state index in [4.69, 9.17) is 4.74 Å². The Balaban J connectivity index is 1.39. The molecule has 2 aromatic rings. The second-order valence-electron chi connectivity index (χ2n) is 6.10. The van der Waals surface area contributed by atoms with Gasteiger partial charge in [-0.25, -0.2) is 13.6 Å². The summed E-state index contributed by atoms with van der Waals surface area (Å²) in [5, 5.41) is 15.3. The van der Waals surface area contributed by atoms with E-state index in [1.807, 2.05) is 0 Å². The number of amides is 2. The molecule has 6 nitrogen and oxygen atoms in total. The molecular weight excluding hydrogens is 350 g/mol. The van der Waals surface area contributed by atoms with Gasteiger partial charge in [0.15, 0.2) is 11.6 Å². The highest BCUT2D eigenvalue weighted by Gasteiger charge is 2.29. The van der Waals surface area contributed by atoms with Crippen LogP contribution in [0.2, 0.25) is 0 Å². The molecule has 0 spiro atoms. The number of carbonyl (C=O) groups is 1. The minimum absolute atomic E-state index is 0.0494. The van der Waals surface area contributed by atoms with Crippen molar-refractivity contribution < 1.29 is 18.3 Å². The van der Waals surface area contributed by atoms with Crippen LogP contribution in [0.25, 0.3) is 0 Å². The Hall–Kier alpha value is -2.29. The molecule has 25 heavy (non-hydrogen) atoms. The second-order valence-corrected chi connectivity index (χ2v) is 7.19. The number of aromatic nitrogens is 2. The first-order chi connectivity index (χ1) is 12.1. The zero-order valence-electron chi connectivity index (χ0n) is 13.2. The molecule has 1 aromatic carbocycles. The molecule has 1 fully saturated rings. The smallest absolute Gasteiger partial charge is 0.315 e. The van der Waals surface area contributed by atoms with Gasteiger partial charge in [-0.15, -0.1) is 10.2 Å². The van der Waals surface area contributed by atoms with Gasteiger partial charge in [0, 0.05) is 12.3 Å². The second kappa shape index (κ2) is 6.55. The summed E-state index contributed by atoms with van der Waals surface area (Å²) in [6.45, 7) is 0.456. The van der Waals surface area contributed by atoms with Crippen LogP contribution in [0.4, 0.5) is 13.6 Å². The highest BCUT2D eigenvalue weighted by atomic mass is 32.1. The monoisotopic (exact) mass is 366 g/mol. The van der Waals surface area contributed by atoms with Gasteiger partial charge in [-0.3, -0.25) is 0 Å². The van der Waals surface area contributed by atoms with Crippen molar-refractivity contribution in [3.05, 3.63) is 39.3 Å². The van der Waals surface area contributed by atoms with Crippen LogP contribution in [0.5, 0.6) is 5.75 Å². The number of hydrogen-bond donors (Lipinski definition) is 2. The highest BCUT2D eigenvalue weighted by Crippen LogP contribution is 2.41. The average molecular weight is 366 g/mol. The topological polar surface area (TPSA) is 76.1 Å². The van der Waals surface area contributed by atoms with Crippen molar-refractivity contribution in [3.8, 4) is 5.75 Å². The Kier molecular flexibility index (Phi) is 4.24. The lowest BCUT2D eigenvalue weighted by Gasteiger charge is -2.27. The maximum atomic E-state index is 14.1. The molecule has 0 radical (unpaired) electrons. The Labute approximate surface area is 146 Å². The van der Waals surface area contributed by atoms with E-state index in [0.29, 0.717) is 12.3 Å². The molecule has 1 aliphatic carbocycles. The van der Waals surface area contributed by atoms with Gasteiger partial charge in [-0.05, 0) is 25.0 Å². The summed E-state index contributed by atoms with van der Waals surface area (Å²) >= 11 is 1.49. The van der Waals surface area contributed by atoms with Gasteiger partial charge < -0.3 is 15.4 Å². The third-order valence-electron chi connectivity index (χ3n) is 4.21. The maximum Gasteiger partial charge on any atom is 0.315 e. The molecule has 1 atom stereocenters. The van der Waals surface area contributed by atoms with Crippen LogP contribution < -0.4 is 15.4 Å². The van der Waals surface area contributed by atoms with E-state index < -0.39 is 23.7 Å². The molecule has 2 aliphatic rings. The van der Waals surface area contributed by atoms with Crippen molar-refractivity contribution in [2.24, 2.45) is 0 Å². The first kappa shape index (κ1) is 16.2. The van der Waals surface area contributed by atoms with E-state index in [9.17, 15) is 13.6 Å². The zero-order chi connectivity index (χ0) is 17.4. The molecule has 0 unspecified atom stereocenters. The largest absolute Gasteiger partial charge is 0.490 e. The highest BCUT2D eigenvalue weighted by molar-refractivity contribution is 7.11. The summed E-state index contributed by atoms with van der Waals surface area (Å²) in [7, 11) is 0. The predicted molar refractivity (Wildman–Crippen MR) is 86.5 cm³/mol. The fraction of sp³-hybridized carbons (Fsp3) is 0.438. The van der Waals surface area contributed by atoms with E-state index in [-0.39, 0.29) is 24.5 Å². The Morgan fingerprint density at radius 1 is 1.24 bits per heavy atom. The van der Waals surface area contributed by atoms with Crippen molar-refractivity contribution in [2.45, 2.75) is 37.8 Å². The quantitative estimate of drug-likeness (QED) is 0.872. The molecule has 2 N–H and O–H groups in total. The van der Waals surface area contributed by atoms with Crippen molar-refractivity contribution in [3.63, 3.8) is 0 Å². The summed E-state index contributed by atoms with van der Waals surface area (Å²) in [4.78, 5) is 12.1. The minimum Gasteiger partial charge on any atom is -0.490 e. The minimum atomic E-state index is -0.643. The van der Waals surface area contributed by atoms with E-state index in [1.54, 1.807) is 0 Å². The summed E-state index contributed by atoms with van der Waals surface area (Å²) in [5.74, 6) is -0.837. The first-order valence-electron chi connectivity index (χ1n) is 8.09. The lowest BCUT2D eigenvalue weighted by atomic mass is 9.99. The van der Waals surface area contributed by atoms with Gasteiger partial charge in [0.25, 0.3) is 0 Å². The zero-order valence-corrected chi connectivity index (χ0v) is 14.0. The van der Waals surface area contributed by atoms with E-state index in [0.717, 1.165) is 35.0 Å². The molecule has 2 heterocycles. The van der Waals surface area contributed by atoms with Crippen molar-refractivity contribution in [1.29, 1.82) is 0 Å². The molecule has 9 heteroatoms. The van der Waals surface area contributed by atoms with E-state index >= 15 is 0 Å². The number of carbonyl (C=O) groups excluding carboxylic acids is 1. The molecule has 4 rings (SSSR count). The van der Waals surface area contributed by atoms with Crippen LogP contribution in [0.1, 0.15) is 46.8 Å². The summed E-state index contributed by atoms with van der Waals surface area (Å²) < 4.78 is 33.0. The van der Waals surface area contributed by atoms with Crippen LogP contribution in [-0.2, 0) is 6.54 Å². The van der Waals surface area contributed by atoms with Gasteiger partial charge in [0.2, 0.25) is 0 Å². The summed E-state index contributed by atoms with van der Waals surface area (Å²) in [6.07, 6.45) is 2.66. The Morgan fingerprint density at radius 2 is 2.04 bits per heavy atom. The number of ether oxygens (including phenoxy) is 1. The predicted octanol–water partition coefficient (Wildman–Crippen LogP) is 3.02. The molecule has 2 amide bonds. The Morgan fingerprint density at radius 3 is 2.84 bits per heavy atom. The lowest BCUT2D eigenvalue weighted by Crippen LogP contribution is -2.39. The third-order valence-corrected chi connectivity index (χ3v) is 5.30. The van der Waals surface area contributed by atoms with Crippen LogP contribution >= 0.6 is 11.3 Å². The number of nitrogens with zero attached hydrogens (tertiary/aromatic N) is 2. The number of hydrogen-bond acceptors (Lipinski definition) is 5. The van der Waals surface area contributed by atoms with Crippen LogP contribution in [0, 0.1) is 11.6 Å². The summed E-state index contributed by atoms with van der Waals surface area (Å²) in [6, 6.07) is 0.945. The molecule has 0 bridgehead atoms. The molecule has 1 aliphatic heterocycles. The number of rotatable bonds is 4. The van der Waals surface area contributed by atoms with Crippen molar-refractivity contribution in [2.75, 3.05) is 6.61 Å². The van der Waals surface area contributed by atoms with E-state index in [2.05, 4.69) is 20.8 Å². The number of halogens is 2. The lowest BCUT2D eigenvalue weighted by molar-refractivity contribution is 0.217. The fourth-order valence-electron chi connectivity index (χ4n) is 2.79. The molecule has 0 saturated heterocycles. The van der Waals surface area contributed by atoms with E-state index in [1.165, 1.54) is 11.3 Å². The van der Waals surface area contributed by atoms with Gasteiger partial charge in [-0.2, -0.15) is 0 Å². The summed E-state index contributed by atoms with van der Waals surface area (Å²) in [5.41, 5.74) is 0.0494. The molecular formula is C16H16F2N4O2S. The molecule has 1 aromatic heterocycles. The van der Waals surface area contributed by atoms with Crippen LogP contribution in [0.15, 0.2) is 12.1 Å². The molecule has 1 saturated carbocycles. The normalized spacial score (nSPS) is 19.0. The maximum absolute atomic E-state index is 14.1. The van der Waals surface area contributed by atoms with Gasteiger partial charge >= 0.3 is 6.03 Å². The number of fused-ring (bicyclic) bond motifs is 1. The number of benzene rings is 1. The molecule has 132 valence electrons.